The molecule has 0 unspecified atom stereocenters. The molecule has 5 aromatic rings. The lowest BCUT2D eigenvalue weighted by Crippen LogP contribution is -2.55. The molecule has 5 heterocycles. The Hall–Kier alpha value is -7.10. The highest BCUT2D eigenvalue weighted by Gasteiger charge is 2.42. The van der Waals surface area contributed by atoms with Crippen molar-refractivity contribution in [3.63, 3.8) is 0 Å². The van der Waals surface area contributed by atoms with Crippen molar-refractivity contribution in [3.8, 4) is 33.8 Å². The van der Waals surface area contributed by atoms with Crippen molar-refractivity contribution in [2.75, 3.05) is 27.2 Å². The number of methoxy groups -OCH3 is 1. The number of alkyl carbamates (subject to hydrolysis) is 1. The summed E-state index contributed by atoms with van der Waals surface area (Å²) >= 11 is 0. The van der Waals surface area contributed by atoms with Gasteiger partial charge in [-0.15, -0.1) is 0 Å². The largest absolute Gasteiger partial charge is 0.490 e. The van der Waals surface area contributed by atoms with E-state index in [0.717, 1.165) is 57.8 Å². The summed E-state index contributed by atoms with van der Waals surface area (Å²) in [5.41, 5.74) is 5.76. The molecule has 69 heavy (non-hydrogen) atoms. The van der Waals surface area contributed by atoms with E-state index < -0.39 is 48.1 Å². The first kappa shape index (κ1) is 51.3. The van der Waals surface area contributed by atoms with Crippen LogP contribution < -0.4 is 5.32 Å². The van der Waals surface area contributed by atoms with E-state index in [0.29, 0.717) is 42.4 Å². The summed E-state index contributed by atoms with van der Waals surface area (Å²) in [6.07, 6.45) is 0.833. The van der Waals surface area contributed by atoms with Gasteiger partial charge in [0, 0.05) is 43.0 Å². The number of nitrogens with zero attached hydrogens (tertiary/aromatic N) is 7. The fourth-order valence-electron chi connectivity index (χ4n) is 8.62. The lowest BCUT2D eigenvalue weighted by molar-refractivity contribution is -0.192. The molecule has 2 fully saturated rings. The zero-order valence-electron chi connectivity index (χ0n) is 39.5. The maximum Gasteiger partial charge on any atom is 0.490 e. The molecule has 0 saturated carbocycles. The van der Waals surface area contributed by atoms with Crippen LogP contribution in [0.15, 0.2) is 61.1 Å². The summed E-state index contributed by atoms with van der Waals surface area (Å²) in [6.45, 7) is 12.2. The Morgan fingerprint density at radius 1 is 0.812 bits per heavy atom. The minimum atomic E-state index is -5.08. The van der Waals surface area contributed by atoms with Gasteiger partial charge in [-0.2, -0.15) is 13.2 Å². The van der Waals surface area contributed by atoms with Crippen molar-refractivity contribution in [1.82, 2.24) is 49.9 Å². The van der Waals surface area contributed by atoms with E-state index in [1.165, 1.54) is 14.2 Å². The molecule has 3 aromatic heterocycles. The van der Waals surface area contributed by atoms with Gasteiger partial charge in [-0.25, -0.2) is 29.3 Å². The second-order valence-electron chi connectivity index (χ2n) is 18.2. The summed E-state index contributed by atoms with van der Waals surface area (Å²) in [4.78, 5) is 91.1. The summed E-state index contributed by atoms with van der Waals surface area (Å²) in [7, 11) is 2.70. The number of ether oxygens (including phenoxy) is 2. The highest BCUT2D eigenvalue weighted by molar-refractivity contribution is 5.88. The Balaban J connectivity index is 0.00000104. The molecule has 370 valence electrons. The second kappa shape index (κ2) is 21.0. The number of likely N-dealkylation sites (tertiary alicyclic amines) is 2. The average molecular weight is 963 g/mol. The molecule has 2 saturated heterocycles. The number of hydrogen-bond acceptors (Lipinski definition) is 11. The number of benzene rings is 2. The van der Waals surface area contributed by atoms with Crippen molar-refractivity contribution < 1.29 is 56.8 Å². The number of fused-ring (bicyclic) bond motifs is 1. The topological polar surface area (TPSA) is 249 Å². The second-order valence-corrected chi connectivity index (χ2v) is 18.2. The number of H-pyrrole nitrogens is 2. The van der Waals surface area contributed by atoms with Gasteiger partial charge in [0.05, 0.1) is 71.4 Å². The predicted molar refractivity (Wildman–Crippen MR) is 245 cm³/mol. The van der Waals surface area contributed by atoms with Crippen LogP contribution in [0.4, 0.5) is 22.8 Å². The van der Waals surface area contributed by atoms with Gasteiger partial charge in [0.1, 0.15) is 23.7 Å². The first-order chi connectivity index (χ1) is 32.5. The molecule has 0 aliphatic carbocycles. The van der Waals surface area contributed by atoms with Gasteiger partial charge in [0.2, 0.25) is 11.8 Å². The van der Waals surface area contributed by atoms with Crippen molar-refractivity contribution in [3.05, 3.63) is 72.7 Å². The molecule has 2 aromatic carbocycles. The predicted octanol–water partition coefficient (Wildman–Crippen LogP) is 7.60. The van der Waals surface area contributed by atoms with Crippen LogP contribution in [-0.4, -0.2) is 142 Å². The summed E-state index contributed by atoms with van der Waals surface area (Å²) in [5.74, 6) is -2.09. The normalized spacial score (nSPS) is 17.5. The average Bonchev–Trinajstić information content (AvgIpc) is 4.14. The number of carboxylic acid groups (broad SMARTS) is 2. The maximum atomic E-state index is 14.0. The molecule has 5 atom stereocenters. The van der Waals surface area contributed by atoms with Crippen LogP contribution in [0.25, 0.3) is 44.8 Å². The van der Waals surface area contributed by atoms with Crippen LogP contribution in [0.3, 0.4) is 0 Å². The number of aromatic amines is 2. The molecule has 0 radical (unpaired) electrons. The van der Waals surface area contributed by atoms with Gasteiger partial charge in [-0.05, 0) is 71.4 Å². The van der Waals surface area contributed by atoms with E-state index >= 15 is 0 Å². The fourth-order valence-corrected chi connectivity index (χ4v) is 8.62. The summed E-state index contributed by atoms with van der Waals surface area (Å²) in [5, 5.41) is 19.4. The number of amides is 4. The Labute approximate surface area is 395 Å². The lowest BCUT2D eigenvalue weighted by atomic mass is 10.0. The highest BCUT2D eigenvalue weighted by Crippen LogP contribution is 2.35. The van der Waals surface area contributed by atoms with Crippen molar-refractivity contribution >= 4 is 41.0 Å². The first-order valence-electron chi connectivity index (χ1n) is 22.3. The summed E-state index contributed by atoms with van der Waals surface area (Å²) < 4.78 is 42.6. The molecule has 2 aliphatic rings. The fraction of sp³-hybridized carbons (Fsp3) is 0.468. The van der Waals surface area contributed by atoms with E-state index in [2.05, 4.69) is 15.3 Å². The van der Waals surface area contributed by atoms with Crippen LogP contribution in [-0.2, 0) is 23.9 Å². The monoisotopic (exact) mass is 962 g/mol. The minimum Gasteiger partial charge on any atom is -0.475 e. The van der Waals surface area contributed by atoms with Crippen LogP contribution >= 0.6 is 0 Å². The molecule has 0 spiro atoms. The quantitative estimate of drug-likeness (QED) is 0.0809. The van der Waals surface area contributed by atoms with Crippen LogP contribution in [0.5, 0.6) is 0 Å². The number of rotatable bonds is 12. The number of nitrogens with one attached hydrogen (secondary N) is 3. The molecule has 0 bridgehead atoms. The number of carbonyl (C=O) groups is 5. The lowest BCUT2D eigenvalue weighted by Gasteiger charge is -2.34. The zero-order chi connectivity index (χ0) is 50.5. The Bertz CT molecular complexity index is 2650. The van der Waals surface area contributed by atoms with E-state index in [1.807, 2.05) is 83.3 Å². The minimum absolute atomic E-state index is 0.185. The van der Waals surface area contributed by atoms with Gasteiger partial charge in [-0.3, -0.25) is 19.5 Å². The number of alkyl halides is 3. The molecule has 2 aliphatic heterocycles. The van der Waals surface area contributed by atoms with Crippen molar-refractivity contribution in [2.24, 2.45) is 5.92 Å². The molecular weight excluding hydrogens is 906 g/mol. The molecule has 19 nitrogen and oxygen atoms in total. The van der Waals surface area contributed by atoms with Gasteiger partial charge in [0.15, 0.2) is 0 Å². The molecule has 5 N–H and O–H groups in total. The number of likely N-dealkylation sites (N-methyl/N-ethyl adjacent to an activating group) is 1. The Morgan fingerprint density at radius 2 is 1.39 bits per heavy atom. The maximum absolute atomic E-state index is 14.0. The smallest absolute Gasteiger partial charge is 0.475 e. The van der Waals surface area contributed by atoms with E-state index in [1.54, 1.807) is 29.1 Å². The van der Waals surface area contributed by atoms with E-state index in [4.69, 9.17) is 39.3 Å². The van der Waals surface area contributed by atoms with Gasteiger partial charge >= 0.3 is 24.3 Å². The van der Waals surface area contributed by atoms with Crippen LogP contribution in [0.2, 0.25) is 0 Å². The number of halogens is 3. The zero-order valence-corrected chi connectivity index (χ0v) is 39.5. The highest BCUT2D eigenvalue weighted by atomic mass is 19.4. The Morgan fingerprint density at radius 3 is 1.96 bits per heavy atom. The van der Waals surface area contributed by atoms with Crippen LogP contribution in [0, 0.1) is 5.92 Å². The number of carbonyl (C=O) groups excluding carboxylic acids is 3. The van der Waals surface area contributed by atoms with Crippen LogP contribution in [0.1, 0.15) is 91.0 Å². The molecule has 7 rings (SSSR count). The number of hydrogen-bond donors (Lipinski definition) is 5. The third kappa shape index (κ3) is 12.1. The van der Waals surface area contributed by atoms with Gasteiger partial charge < -0.3 is 44.8 Å². The SMILES string of the molecule is COC(=O)N[C@@H](C(=O)N1CCC[C@H]1c1ncc(-c2ccc3nc(-c4ccc(-c5c[nH]c([C@@H]6CCCN6C(=O)[C@H](C(C)C)N(C)C(=O)O)n5)cc4)cnc3c2)[nH]1)[C@@H](C)OC(C)(C)C.O=C(O)C(F)(F)F. The molecule has 22 heteroatoms. The molecule has 4 amide bonds. The van der Waals surface area contributed by atoms with Gasteiger partial charge in [-0.1, -0.05) is 44.2 Å². The summed E-state index contributed by atoms with van der Waals surface area (Å²) in [6, 6.07) is 11.4. The number of aromatic nitrogens is 6. The number of carboxylic acids is 1. The number of imidazole rings is 2. The third-order valence-electron chi connectivity index (χ3n) is 11.8. The van der Waals surface area contributed by atoms with Gasteiger partial charge in [0.25, 0.3) is 0 Å². The molecular formula is C47H57F3N10O9. The van der Waals surface area contributed by atoms with E-state index in [9.17, 15) is 37.5 Å². The third-order valence-corrected chi connectivity index (χ3v) is 11.8. The first-order valence-corrected chi connectivity index (χ1v) is 22.3. The van der Waals surface area contributed by atoms with Crippen molar-refractivity contribution in [1.29, 1.82) is 0 Å². The Kier molecular flexibility index (Phi) is 15.6. The van der Waals surface area contributed by atoms with E-state index in [-0.39, 0.29) is 29.8 Å². The standard InChI is InChI=1S/C45H56N10O7.C2HF3O2/c1-25(2)38(53(7)44(59)60)42(57)55-20-10-12-36(55)40-47-23-33(50-40)28-15-13-27(14-16-28)32-22-46-31-21-29(17-18-30(31)49-32)34-24-48-39(51-34)35-11-9-19-54(35)41(56)37(52-43(58)61-8)26(3)62-45(4,5)6;3-2(4,5)1(6)7/h13-18,21-26,35-38H,9-12,19-20H2,1-8H3,(H,47,50)(H,48,51)(H,52,58)(H,59,60);(H,6,7)/t26-,35+,36+,37-,38+;/m1./s1. The van der Waals surface area contributed by atoms with Crippen molar-refractivity contribution in [2.45, 2.75) is 109 Å². The number of aliphatic carboxylic acids is 1.